The highest BCUT2D eigenvalue weighted by Gasteiger charge is 2.10. The van der Waals surface area contributed by atoms with Crippen LogP contribution in [0.4, 0.5) is 0 Å². The molecule has 1 rings (SSSR count). The van der Waals surface area contributed by atoms with E-state index >= 15 is 0 Å². The molecule has 0 radical (unpaired) electrons. The minimum Gasteiger partial charge on any atom is -0.313 e. The molecule has 18 heavy (non-hydrogen) atoms. The van der Waals surface area contributed by atoms with Gasteiger partial charge in [-0.25, -0.2) is 4.68 Å². The van der Waals surface area contributed by atoms with Crippen LogP contribution >= 0.6 is 11.8 Å². The van der Waals surface area contributed by atoms with Crippen LogP contribution in [0.5, 0.6) is 0 Å². The number of nitrogens with one attached hydrogen (secondary N) is 1. The Bertz CT molecular complexity index is 322. The fourth-order valence-electron chi connectivity index (χ4n) is 1.62. The van der Waals surface area contributed by atoms with E-state index in [-0.39, 0.29) is 0 Å². The maximum Gasteiger partial charge on any atom is 0.209 e. The summed E-state index contributed by atoms with van der Waals surface area (Å²) >= 11 is 1.77. The van der Waals surface area contributed by atoms with Crippen molar-refractivity contribution in [3.63, 3.8) is 0 Å². The summed E-state index contributed by atoms with van der Waals surface area (Å²) in [7, 11) is 0. The van der Waals surface area contributed by atoms with E-state index in [9.17, 15) is 0 Å². The number of nitrogens with zero attached hydrogens (tertiary/aromatic N) is 4. The summed E-state index contributed by atoms with van der Waals surface area (Å²) in [6.07, 6.45) is 2.44. The van der Waals surface area contributed by atoms with E-state index in [1.807, 2.05) is 4.68 Å². The number of hydrogen-bond acceptors (Lipinski definition) is 5. The SMILES string of the molecule is CCC(CC)CSc1nnnn1CCNC(C)C. The second kappa shape index (κ2) is 8.48. The molecule has 0 spiro atoms. The third kappa shape index (κ3) is 5.35. The zero-order chi connectivity index (χ0) is 13.4. The Kier molecular flexibility index (Phi) is 7.27. The molecule has 0 aromatic carbocycles. The van der Waals surface area contributed by atoms with Crippen molar-refractivity contribution in [1.82, 2.24) is 25.5 Å². The molecular weight excluding hydrogens is 246 g/mol. The lowest BCUT2D eigenvalue weighted by Gasteiger charge is -2.11. The minimum absolute atomic E-state index is 0.502. The molecule has 5 nitrogen and oxygen atoms in total. The predicted molar refractivity (Wildman–Crippen MR) is 75.8 cm³/mol. The summed E-state index contributed by atoms with van der Waals surface area (Å²) in [4.78, 5) is 0. The molecule has 0 aliphatic heterocycles. The first-order valence-electron chi connectivity index (χ1n) is 6.79. The average molecular weight is 271 g/mol. The molecule has 104 valence electrons. The first kappa shape index (κ1) is 15.4. The molecule has 0 saturated carbocycles. The molecule has 1 aromatic rings. The van der Waals surface area contributed by atoms with Crippen LogP contribution in [0.25, 0.3) is 0 Å². The topological polar surface area (TPSA) is 55.6 Å². The van der Waals surface area contributed by atoms with Gasteiger partial charge >= 0.3 is 0 Å². The molecule has 0 aliphatic rings. The number of thioether (sulfide) groups is 1. The zero-order valence-corrected chi connectivity index (χ0v) is 12.7. The van der Waals surface area contributed by atoms with Crippen LogP contribution < -0.4 is 5.32 Å². The fraction of sp³-hybridized carbons (Fsp3) is 0.917. The van der Waals surface area contributed by atoms with Crippen LogP contribution in [-0.2, 0) is 6.54 Å². The van der Waals surface area contributed by atoms with E-state index < -0.39 is 0 Å². The monoisotopic (exact) mass is 271 g/mol. The van der Waals surface area contributed by atoms with E-state index in [2.05, 4.69) is 48.5 Å². The Hall–Kier alpha value is -0.620. The highest BCUT2D eigenvalue weighted by molar-refractivity contribution is 7.99. The summed E-state index contributed by atoms with van der Waals surface area (Å²) in [5.41, 5.74) is 0. The Morgan fingerprint density at radius 1 is 1.28 bits per heavy atom. The van der Waals surface area contributed by atoms with Gasteiger partial charge in [-0.15, -0.1) is 5.10 Å². The average Bonchev–Trinajstić information content (AvgIpc) is 2.78. The van der Waals surface area contributed by atoms with Crippen molar-refractivity contribution in [2.24, 2.45) is 5.92 Å². The molecule has 1 aromatic heterocycles. The molecule has 0 fully saturated rings. The molecule has 0 aliphatic carbocycles. The number of hydrogen-bond donors (Lipinski definition) is 1. The van der Waals surface area contributed by atoms with Gasteiger partial charge in [0.1, 0.15) is 0 Å². The smallest absolute Gasteiger partial charge is 0.209 e. The Balaban J connectivity index is 2.39. The van der Waals surface area contributed by atoms with Crippen molar-refractivity contribution in [3.8, 4) is 0 Å². The maximum absolute atomic E-state index is 4.09. The van der Waals surface area contributed by atoms with Crippen LogP contribution in [0.3, 0.4) is 0 Å². The van der Waals surface area contributed by atoms with Gasteiger partial charge in [0.05, 0.1) is 6.54 Å². The van der Waals surface area contributed by atoms with E-state index in [1.54, 1.807) is 11.8 Å². The summed E-state index contributed by atoms with van der Waals surface area (Å²) in [6.45, 7) is 10.5. The largest absolute Gasteiger partial charge is 0.313 e. The second-order valence-electron chi connectivity index (χ2n) is 4.79. The normalized spacial score (nSPS) is 11.7. The van der Waals surface area contributed by atoms with Crippen LogP contribution in [0.1, 0.15) is 40.5 Å². The molecule has 0 saturated heterocycles. The summed E-state index contributed by atoms with van der Waals surface area (Å²) < 4.78 is 1.89. The highest BCUT2D eigenvalue weighted by atomic mass is 32.2. The lowest BCUT2D eigenvalue weighted by atomic mass is 10.1. The lowest BCUT2D eigenvalue weighted by Crippen LogP contribution is -2.27. The number of tetrazole rings is 1. The molecule has 6 heteroatoms. The standard InChI is InChI=1S/C12H25N5S/c1-5-11(6-2)9-18-12-14-15-16-17(12)8-7-13-10(3)4/h10-11,13H,5-9H2,1-4H3. The van der Waals surface area contributed by atoms with Gasteiger partial charge < -0.3 is 5.32 Å². The van der Waals surface area contributed by atoms with Crippen LogP contribution in [0.2, 0.25) is 0 Å². The second-order valence-corrected chi connectivity index (χ2v) is 5.77. The molecule has 0 atom stereocenters. The lowest BCUT2D eigenvalue weighted by molar-refractivity contribution is 0.484. The summed E-state index contributed by atoms with van der Waals surface area (Å²) in [5, 5.41) is 16.2. The predicted octanol–water partition coefficient (Wildman–Crippen LogP) is 2.20. The van der Waals surface area contributed by atoms with E-state index in [0.717, 1.165) is 29.9 Å². The molecule has 1 N–H and O–H groups in total. The van der Waals surface area contributed by atoms with Crippen LogP contribution in [0, 0.1) is 5.92 Å². The Morgan fingerprint density at radius 3 is 2.61 bits per heavy atom. The number of rotatable bonds is 9. The van der Waals surface area contributed by atoms with Crippen molar-refractivity contribution >= 4 is 11.8 Å². The maximum atomic E-state index is 4.09. The van der Waals surface area contributed by atoms with Crippen LogP contribution in [-0.4, -0.2) is 38.5 Å². The van der Waals surface area contributed by atoms with Crippen molar-refractivity contribution < 1.29 is 0 Å². The molecular formula is C12H25N5S. The molecule has 0 unspecified atom stereocenters. The van der Waals surface area contributed by atoms with E-state index in [4.69, 9.17) is 0 Å². The molecule has 0 bridgehead atoms. The van der Waals surface area contributed by atoms with Crippen molar-refractivity contribution in [2.75, 3.05) is 12.3 Å². The molecule has 0 amide bonds. The highest BCUT2D eigenvalue weighted by Crippen LogP contribution is 2.21. The first-order chi connectivity index (χ1) is 8.67. The van der Waals surface area contributed by atoms with Gasteiger partial charge in [0.2, 0.25) is 5.16 Å². The summed E-state index contributed by atoms with van der Waals surface area (Å²) in [5.74, 6) is 1.86. The van der Waals surface area contributed by atoms with Gasteiger partial charge in [0, 0.05) is 18.3 Å². The van der Waals surface area contributed by atoms with Gasteiger partial charge in [0.15, 0.2) is 0 Å². The summed E-state index contributed by atoms with van der Waals surface area (Å²) in [6, 6.07) is 0.502. The zero-order valence-electron chi connectivity index (χ0n) is 11.9. The van der Waals surface area contributed by atoms with Crippen LogP contribution in [0.15, 0.2) is 5.16 Å². The quantitative estimate of drug-likeness (QED) is 0.698. The van der Waals surface area contributed by atoms with E-state index in [1.165, 1.54) is 12.8 Å². The van der Waals surface area contributed by atoms with Crippen molar-refractivity contribution in [3.05, 3.63) is 0 Å². The van der Waals surface area contributed by atoms with Gasteiger partial charge in [-0.2, -0.15) is 0 Å². The van der Waals surface area contributed by atoms with Gasteiger partial charge in [-0.3, -0.25) is 0 Å². The molecule has 1 heterocycles. The third-order valence-electron chi connectivity index (χ3n) is 2.98. The van der Waals surface area contributed by atoms with Gasteiger partial charge in [-0.1, -0.05) is 52.3 Å². The Labute approximate surface area is 114 Å². The van der Waals surface area contributed by atoms with Gasteiger partial charge in [0.25, 0.3) is 0 Å². The third-order valence-corrected chi connectivity index (χ3v) is 4.17. The fourth-order valence-corrected chi connectivity index (χ4v) is 2.84. The number of aromatic nitrogens is 4. The Morgan fingerprint density at radius 2 is 2.00 bits per heavy atom. The van der Waals surface area contributed by atoms with Gasteiger partial charge in [-0.05, 0) is 16.3 Å². The first-order valence-corrected chi connectivity index (χ1v) is 7.78. The van der Waals surface area contributed by atoms with Crippen molar-refractivity contribution in [1.29, 1.82) is 0 Å². The van der Waals surface area contributed by atoms with E-state index in [0.29, 0.717) is 6.04 Å². The van der Waals surface area contributed by atoms with Crippen molar-refractivity contribution in [2.45, 2.75) is 58.3 Å². The minimum atomic E-state index is 0.502.